The molecule has 1 aliphatic heterocycles. The number of anilines is 1. The van der Waals surface area contributed by atoms with Crippen molar-refractivity contribution in [1.29, 1.82) is 0 Å². The van der Waals surface area contributed by atoms with Crippen LogP contribution in [0.4, 0.5) is 5.82 Å². The number of aryl methyl sites for hydroxylation is 1. The standard InChI is InChI=1S/C10H14N6/c1-8-13-14-10-9(12-4-7-16(8)10)15-5-2-11-3-6-15/h4,7,11H,2-3,5-6H2,1H3. The summed E-state index contributed by atoms with van der Waals surface area (Å²) in [6.45, 7) is 5.88. The predicted octanol–water partition coefficient (Wildman–Crippen LogP) is -0.158. The molecule has 1 aliphatic rings. The van der Waals surface area contributed by atoms with Crippen molar-refractivity contribution >= 4 is 11.5 Å². The molecular weight excluding hydrogens is 204 g/mol. The summed E-state index contributed by atoms with van der Waals surface area (Å²) in [5.74, 6) is 1.83. The van der Waals surface area contributed by atoms with Gasteiger partial charge in [0.2, 0.25) is 5.65 Å². The number of hydrogen-bond donors (Lipinski definition) is 1. The van der Waals surface area contributed by atoms with E-state index in [4.69, 9.17) is 0 Å². The number of rotatable bonds is 1. The van der Waals surface area contributed by atoms with E-state index in [0.29, 0.717) is 0 Å². The summed E-state index contributed by atoms with van der Waals surface area (Å²) >= 11 is 0. The molecule has 6 heteroatoms. The van der Waals surface area contributed by atoms with Gasteiger partial charge in [-0.15, -0.1) is 10.2 Å². The number of nitrogens with one attached hydrogen (secondary N) is 1. The Hall–Kier alpha value is -1.69. The molecule has 2 aromatic rings. The first-order chi connectivity index (χ1) is 7.86. The van der Waals surface area contributed by atoms with Crippen molar-refractivity contribution in [2.75, 3.05) is 31.1 Å². The van der Waals surface area contributed by atoms with Gasteiger partial charge in [-0.3, -0.25) is 4.40 Å². The maximum Gasteiger partial charge on any atom is 0.203 e. The van der Waals surface area contributed by atoms with E-state index in [9.17, 15) is 0 Å². The van der Waals surface area contributed by atoms with Gasteiger partial charge in [-0.05, 0) is 6.92 Å². The lowest BCUT2D eigenvalue weighted by Crippen LogP contribution is -2.44. The third-order valence-corrected chi connectivity index (χ3v) is 2.90. The van der Waals surface area contributed by atoms with Crippen molar-refractivity contribution in [3.05, 3.63) is 18.2 Å². The Morgan fingerprint density at radius 3 is 2.88 bits per heavy atom. The van der Waals surface area contributed by atoms with Gasteiger partial charge in [0, 0.05) is 38.6 Å². The van der Waals surface area contributed by atoms with Crippen molar-refractivity contribution in [3.63, 3.8) is 0 Å². The topological polar surface area (TPSA) is 58.4 Å². The van der Waals surface area contributed by atoms with Crippen LogP contribution in [0.25, 0.3) is 5.65 Å². The van der Waals surface area contributed by atoms with E-state index in [0.717, 1.165) is 43.5 Å². The molecule has 0 bridgehead atoms. The van der Waals surface area contributed by atoms with Crippen molar-refractivity contribution in [1.82, 2.24) is 24.9 Å². The van der Waals surface area contributed by atoms with Gasteiger partial charge in [-0.25, -0.2) is 4.98 Å². The van der Waals surface area contributed by atoms with Crippen LogP contribution in [0.1, 0.15) is 5.82 Å². The van der Waals surface area contributed by atoms with Gasteiger partial charge in [0.25, 0.3) is 0 Å². The molecule has 1 saturated heterocycles. The fourth-order valence-electron chi connectivity index (χ4n) is 2.03. The minimum atomic E-state index is 0.849. The van der Waals surface area contributed by atoms with Gasteiger partial charge in [-0.2, -0.15) is 0 Å². The minimum absolute atomic E-state index is 0.849. The van der Waals surface area contributed by atoms with Crippen LogP contribution in [0, 0.1) is 6.92 Å². The predicted molar refractivity (Wildman–Crippen MR) is 60.6 cm³/mol. The summed E-state index contributed by atoms with van der Waals surface area (Å²) < 4.78 is 1.98. The highest BCUT2D eigenvalue weighted by Gasteiger charge is 2.16. The van der Waals surface area contributed by atoms with E-state index in [-0.39, 0.29) is 0 Å². The first-order valence-electron chi connectivity index (χ1n) is 5.48. The van der Waals surface area contributed by atoms with Gasteiger partial charge in [0.05, 0.1) is 0 Å². The number of fused-ring (bicyclic) bond motifs is 1. The minimum Gasteiger partial charge on any atom is -0.351 e. The highest BCUT2D eigenvalue weighted by Crippen LogP contribution is 2.17. The number of nitrogens with zero attached hydrogens (tertiary/aromatic N) is 5. The van der Waals surface area contributed by atoms with Crippen LogP contribution < -0.4 is 10.2 Å². The second kappa shape index (κ2) is 3.71. The zero-order valence-corrected chi connectivity index (χ0v) is 9.22. The lowest BCUT2D eigenvalue weighted by atomic mass is 10.3. The molecule has 6 nitrogen and oxygen atoms in total. The zero-order valence-electron chi connectivity index (χ0n) is 9.22. The highest BCUT2D eigenvalue weighted by atomic mass is 15.3. The Balaban J connectivity index is 2.08. The lowest BCUT2D eigenvalue weighted by Gasteiger charge is -2.28. The second-order valence-corrected chi connectivity index (χ2v) is 3.93. The Morgan fingerprint density at radius 2 is 2.06 bits per heavy atom. The fraction of sp³-hybridized carbons (Fsp3) is 0.500. The molecule has 0 radical (unpaired) electrons. The first kappa shape index (κ1) is 9.53. The molecule has 0 unspecified atom stereocenters. The van der Waals surface area contributed by atoms with Crippen LogP contribution in [0.3, 0.4) is 0 Å². The smallest absolute Gasteiger partial charge is 0.203 e. The molecule has 1 N–H and O–H groups in total. The summed E-state index contributed by atoms with van der Waals surface area (Å²) in [4.78, 5) is 6.67. The van der Waals surface area contributed by atoms with Gasteiger partial charge in [0.15, 0.2) is 5.82 Å². The van der Waals surface area contributed by atoms with Crippen molar-refractivity contribution in [2.24, 2.45) is 0 Å². The molecule has 84 valence electrons. The number of piperazine rings is 1. The quantitative estimate of drug-likeness (QED) is 0.721. The summed E-state index contributed by atoms with van der Waals surface area (Å²) in [6.07, 6.45) is 3.71. The fourth-order valence-corrected chi connectivity index (χ4v) is 2.03. The largest absolute Gasteiger partial charge is 0.351 e. The molecule has 1 fully saturated rings. The van der Waals surface area contributed by atoms with Gasteiger partial charge >= 0.3 is 0 Å². The summed E-state index contributed by atoms with van der Waals surface area (Å²) in [7, 11) is 0. The van der Waals surface area contributed by atoms with E-state index >= 15 is 0 Å². The molecule has 16 heavy (non-hydrogen) atoms. The van der Waals surface area contributed by atoms with Gasteiger partial charge in [0.1, 0.15) is 5.82 Å². The molecule has 0 spiro atoms. The van der Waals surface area contributed by atoms with Gasteiger partial charge in [-0.1, -0.05) is 0 Å². The normalized spacial score (nSPS) is 16.9. The first-order valence-corrected chi connectivity index (χ1v) is 5.48. The van der Waals surface area contributed by atoms with Gasteiger partial charge < -0.3 is 10.2 Å². The molecule has 0 saturated carbocycles. The van der Waals surface area contributed by atoms with E-state index in [1.54, 1.807) is 6.20 Å². The average molecular weight is 218 g/mol. The Labute approximate surface area is 93.3 Å². The maximum absolute atomic E-state index is 4.42. The monoisotopic (exact) mass is 218 g/mol. The SMILES string of the molecule is Cc1nnc2c(N3CCNCC3)nccn12. The highest BCUT2D eigenvalue weighted by molar-refractivity contribution is 5.63. The molecule has 2 aromatic heterocycles. The third-order valence-electron chi connectivity index (χ3n) is 2.90. The van der Waals surface area contributed by atoms with Crippen molar-refractivity contribution in [3.8, 4) is 0 Å². The van der Waals surface area contributed by atoms with E-state index in [1.165, 1.54) is 0 Å². The van der Waals surface area contributed by atoms with E-state index < -0.39 is 0 Å². The lowest BCUT2D eigenvalue weighted by molar-refractivity contribution is 0.585. The Morgan fingerprint density at radius 1 is 1.25 bits per heavy atom. The molecule has 0 amide bonds. The molecular formula is C10H14N6. The number of aromatic nitrogens is 4. The zero-order chi connectivity index (χ0) is 11.0. The van der Waals surface area contributed by atoms with Crippen LogP contribution >= 0.6 is 0 Å². The Kier molecular flexibility index (Phi) is 2.21. The van der Waals surface area contributed by atoms with Crippen LogP contribution in [0.2, 0.25) is 0 Å². The van der Waals surface area contributed by atoms with Crippen molar-refractivity contribution < 1.29 is 0 Å². The molecule has 0 aliphatic carbocycles. The summed E-state index contributed by atoms with van der Waals surface area (Å²) in [5, 5.41) is 11.6. The van der Waals surface area contributed by atoms with Crippen LogP contribution in [-0.2, 0) is 0 Å². The molecule has 3 heterocycles. The van der Waals surface area contributed by atoms with Crippen molar-refractivity contribution in [2.45, 2.75) is 6.92 Å². The number of hydrogen-bond acceptors (Lipinski definition) is 5. The molecule has 3 rings (SSSR count). The van der Waals surface area contributed by atoms with Crippen LogP contribution in [-0.4, -0.2) is 45.8 Å². The Bertz CT molecular complexity index is 499. The summed E-state index contributed by atoms with van der Waals surface area (Å²) in [6, 6.07) is 0. The molecule has 0 atom stereocenters. The van der Waals surface area contributed by atoms with Crippen LogP contribution in [0.5, 0.6) is 0 Å². The average Bonchev–Trinajstić information content (AvgIpc) is 2.73. The second-order valence-electron chi connectivity index (χ2n) is 3.93. The molecule has 0 aromatic carbocycles. The maximum atomic E-state index is 4.42. The third kappa shape index (κ3) is 1.42. The van der Waals surface area contributed by atoms with E-state index in [2.05, 4.69) is 25.4 Å². The van der Waals surface area contributed by atoms with E-state index in [1.807, 2.05) is 17.5 Å². The summed E-state index contributed by atoms with van der Waals surface area (Å²) in [5.41, 5.74) is 0.849. The van der Waals surface area contributed by atoms with Crippen LogP contribution in [0.15, 0.2) is 12.4 Å².